The van der Waals surface area contributed by atoms with E-state index in [2.05, 4.69) is 0 Å². The number of hydrogen-bond acceptors (Lipinski definition) is 5. The van der Waals surface area contributed by atoms with Crippen LogP contribution in [0, 0.1) is 0 Å². The topological polar surface area (TPSA) is 75.9 Å². The maximum Gasteiger partial charge on any atom is 0.217 e. The minimum Gasteiger partial charge on any atom is -0.492 e. The van der Waals surface area contributed by atoms with Crippen LogP contribution in [0.25, 0.3) is 0 Å². The molecule has 0 unspecified atom stereocenters. The molecule has 0 heterocycles. The molecule has 1 rings (SSSR count). The van der Waals surface area contributed by atoms with Gasteiger partial charge >= 0.3 is 0 Å². The molecule has 0 spiro atoms. The van der Waals surface area contributed by atoms with E-state index in [1.807, 2.05) is 19.0 Å². The zero-order valence-corrected chi connectivity index (χ0v) is 13.1. The molecule has 0 saturated carbocycles. The summed E-state index contributed by atoms with van der Waals surface area (Å²) in [5, 5.41) is 0. The Bertz CT molecular complexity index is 517. The molecule has 0 amide bonds. The molecule has 0 bridgehead atoms. The van der Waals surface area contributed by atoms with E-state index in [1.165, 1.54) is 4.31 Å². The lowest BCUT2D eigenvalue weighted by Gasteiger charge is -2.19. The molecule has 0 fully saturated rings. The highest BCUT2D eigenvalue weighted by Crippen LogP contribution is 2.14. The standard InChI is InChI=1S/C13H23N3O3S/c1-15(2)7-8-16(3)20(17,18)10-9-19-13-6-4-5-12(14)11-13/h4-6,11H,7-10,14H2,1-3H3. The molecule has 1 aromatic carbocycles. The van der Waals surface area contributed by atoms with Crippen LogP contribution in [0.5, 0.6) is 5.75 Å². The van der Waals surface area contributed by atoms with Crippen molar-refractivity contribution in [3.8, 4) is 5.75 Å². The Kier molecular flexibility index (Phi) is 6.25. The van der Waals surface area contributed by atoms with Crippen LogP contribution >= 0.6 is 0 Å². The number of sulfonamides is 1. The third-order valence-electron chi connectivity index (χ3n) is 2.81. The van der Waals surface area contributed by atoms with Gasteiger partial charge in [-0.25, -0.2) is 12.7 Å². The van der Waals surface area contributed by atoms with Crippen LogP contribution in [0.1, 0.15) is 0 Å². The predicted octanol–water partition coefficient (Wildman–Crippen LogP) is 0.471. The second-order valence-electron chi connectivity index (χ2n) is 4.86. The number of nitrogens with two attached hydrogens (primary N) is 1. The van der Waals surface area contributed by atoms with Crippen molar-refractivity contribution in [1.29, 1.82) is 0 Å². The molecule has 2 N–H and O–H groups in total. The maximum atomic E-state index is 12.0. The lowest BCUT2D eigenvalue weighted by Crippen LogP contribution is -2.36. The van der Waals surface area contributed by atoms with E-state index in [1.54, 1.807) is 31.3 Å². The SMILES string of the molecule is CN(C)CCN(C)S(=O)(=O)CCOc1cccc(N)c1. The summed E-state index contributed by atoms with van der Waals surface area (Å²) in [7, 11) is 2.11. The zero-order valence-electron chi connectivity index (χ0n) is 12.2. The molecule has 0 aliphatic rings. The van der Waals surface area contributed by atoms with Gasteiger partial charge < -0.3 is 15.4 Å². The Morgan fingerprint density at radius 3 is 2.50 bits per heavy atom. The van der Waals surface area contributed by atoms with Gasteiger partial charge in [-0.05, 0) is 26.2 Å². The molecule has 6 nitrogen and oxygen atoms in total. The van der Waals surface area contributed by atoms with Crippen molar-refractivity contribution < 1.29 is 13.2 Å². The van der Waals surface area contributed by atoms with Crippen LogP contribution in [0.3, 0.4) is 0 Å². The van der Waals surface area contributed by atoms with E-state index in [9.17, 15) is 8.42 Å². The summed E-state index contributed by atoms with van der Waals surface area (Å²) in [5.74, 6) is 0.530. The van der Waals surface area contributed by atoms with Gasteiger partial charge in [0.15, 0.2) is 0 Å². The van der Waals surface area contributed by atoms with Gasteiger partial charge in [-0.2, -0.15) is 0 Å². The fraction of sp³-hybridized carbons (Fsp3) is 0.538. The fourth-order valence-electron chi connectivity index (χ4n) is 1.50. The molecule has 114 valence electrons. The lowest BCUT2D eigenvalue weighted by molar-refractivity contribution is 0.331. The van der Waals surface area contributed by atoms with E-state index in [0.717, 1.165) is 0 Å². The summed E-state index contributed by atoms with van der Waals surface area (Å²) in [5.41, 5.74) is 6.21. The zero-order chi connectivity index (χ0) is 15.2. The monoisotopic (exact) mass is 301 g/mol. The molecule has 7 heteroatoms. The lowest BCUT2D eigenvalue weighted by atomic mass is 10.3. The highest BCUT2D eigenvalue weighted by atomic mass is 32.2. The van der Waals surface area contributed by atoms with E-state index in [4.69, 9.17) is 10.5 Å². The molecule has 0 atom stereocenters. The smallest absolute Gasteiger partial charge is 0.217 e. The number of ether oxygens (including phenoxy) is 1. The van der Waals surface area contributed by atoms with Crippen LogP contribution in [-0.4, -0.2) is 64.2 Å². The van der Waals surface area contributed by atoms with Crippen molar-refractivity contribution in [2.75, 3.05) is 52.3 Å². The Labute approximate surface area is 121 Å². The number of nitrogens with zero attached hydrogens (tertiary/aromatic N) is 2. The Morgan fingerprint density at radius 1 is 1.20 bits per heavy atom. The number of nitrogen functional groups attached to an aromatic ring is 1. The number of anilines is 1. The normalized spacial score (nSPS) is 12.1. The summed E-state index contributed by atoms with van der Waals surface area (Å²) >= 11 is 0. The number of benzene rings is 1. The van der Waals surface area contributed by atoms with E-state index in [-0.39, 0.29) is 12.4 Å². The Balaban J connectivity index is 2.43. The van der Waals surface area contributed by atoms with Crippen molar-refractivity contribution in [2.24, 2.45) is 0 Å². The molecule has 20 heavy (non-hydrogen) atoms. The highest BCUT2D eigenvalue weighted by molar-refractivity contribution is 7.89. The second kappa shape index (κ2) is 7.47. The third kappa shape index (κ3) is 5.77. The van der Waals surface area contributed by atoms with Crippen LogP contribution in [-0.2, 0) is 10.0 Å². The molecule has 0 aliphatic heterocycles. The summed E-state index contributed by atoms with van der Waals surface area (Å²) in [6.07, 6.45) is 0. The van der Waals surface area contributed by atoms with Crippen LogP contribution in [0.2, 0.25) is 0 Å². The molecule has 1 aromatic rings. The van der Waals surface area contributed by atoms with Crippen molar-refractivity contribution in [3.63, 3.8) is 0 Å². The average molecular weight is 301 g/mol. The maximum absolute atomic E-state index is 12.0. The molecule has 0 aliphatic carbocycles. The Hall–Kier alpha value is -1.31. The van der Waals surface area contributed by atoms with Crippen LogP contribution < -0.4 is 10.5 Å². The second-order valence-corrected chi connectivity index (χ2v) is 7.06. The quantitative estimate of drug-likeness (QED) is 0.706. The van der Waals surface area contributed by atoms with Crippen molar-refractivity contribution >= 4 is 15.7 Å². The molecule has 0 aromatic heterocycles. The minimum absolute atomic E-state index is 0.0499. The summed E-state index contributed by atoms with van der Waals surface area (Å²) in [6, 6.07) is 6.93. The van der Waals surface area contributed by atoms with Crippen molar-refractivity contribution in [1.82, 2.24) is 9.21 Å². The number of likely N-dealkylation sites (N-methyl/N-ethyl adjacent to an activating group) is 2. The van der Waals surface area contributed by atoms with Crippen LogP contribution in [0.4, 0.5) is 5.69 Å². The van der Waals surface area contributed by atoms with Gasteiger partial charge in [0.25, 0.3) is 0 Å². The van der Waals surface area contributed by atoms with Crippen molar-refractivity contribution in [2.45, 2.75) is 0 Å². The molecule has 0 saturated heterocycles. The van der Waals surface area contributed by atoms with Crippen LogP contribution in [0.15, 0.2) is 24.3 Å². The van der Waals surface area contributed by atoms with Gasteiger partial charge in [0.2, 0.25) is 10.0 Å². The highest BCUT2D eigenvalue weighted by Gasteiger charge is 2.17. The summed E-state index contributed by atoms with van der Waals surface area (Å²) < 4.78 is 30.8. The first kappa shape index (κ1) is 16.7. The fourth-order valence-corrected chi connectivity index (χ4v) is 2.47. The van der Waals surface area contributed by atoms with Gasteiger partial charge in [-0.1, -0.05) is 6.07 Å². The largest absolute Gasteiger partial charge is 0.492 e. The average Bonchev–Trinajstić information content (AvgIpc) is 2.35. The van der Waals surface area contributed by atoms with E-state index < -0.39 is 10.0 Å². The van der Waals surface area contributed by atoms with Gasteiger partial charge in [0.1, 0.15) is 12.4 Å². The first-order valence-corrected chi connectivity index (χ1v) is 7.99. The van der Waals surface area contributed by atoms with Gasteiger partial charge in [-0.3, -0.25) is 0 Å². The van der Waals surface area contributed by atoms with Gasteiger partial charge in [0, 0.05) is 31.9 Å². The number of rotatable bonds is 8. The van der Waals surface area contributed by atoms with E-state index in [0.29, 0.717) is 24.5 Å². The summed E-state index contributed by atoms with van der Waals surface area (Å²) in [4.78, 5) is 1.94. The first-order chi connectivity index (χ1) is 9.31. The van der Waals surface area contributed by atoms with Gasteiger partial charge in [-0.15, -0.1) is 0 Å². The predicted molar refractivity (Wildman–Crippen MR) is 81.3 cm³/mol. The minimum atomic E-state index is -3.29. The van der Waals surface area contributed by atoms with Crippen molar-refractivity contribution in [3.05, 3.63) is 24.3 Å². The molecule has 0 radical (unpaired) electrons. The summed E-state index contributed by atoms with van der Waals surface area (Å²) in [6.45, 7) is 1.26. The van der Waals surface area contributed by atoms with E-state index >= 15 is 0 Å². The molecular formula is C13H23N3O3S. The van der Waals surface area contributed by atoms with Gasteiger partial charge in [0.05, 0.1) is 5.75 Å². The number of hydrogen-bond donors (Lipinski definition) is 1. The first-order valence-electron chi connectivity index (χ1n) is 6.38. The molecular weight excluding hydrogens is 278 g/mol. The third-order valence-corrected chi connectivity index (χ3v) is 4.62. The Morgan fingerprint density at radius 2 is 1.90 bits per heavy atom.